The fourth-order valence-electron chi connectivity index (χ4n) is 0.281. The molecule has 0 aliphatic rings. The maximum Gasteiger partial charge on any atom is 0.221 e. The van der Waals surface area contributed by atoms with Gasteiger partial charge < -0.3 is 5.11 Å². The van der Waals surface area contributed by atoms with Crippen LogP contribution >= 0.6 is 11.8 Å². The van der Waals surface area contributed by atoms with Crippen molar-refractivity contribution in [3.8, 4) is 0 Å². The molecule has 1 atom stereocenters. The largest absolute Gasteiger partial charge is 0.380 e. The first-order valence-electron chi connectivity index (χ1n) is 2.67. The van der Waals surface area contributed by atoms with Crippen molar-refractivity contribution >= 4 is 16.9 Å². The van der Waals surface area contributed by atoms with Crippen molar-refractivity contribution in [2.75, 3.05) is 0 Å². The molecule has 55 valence electrons. The standard InChI is InChI=1S/C7H9O2S/c1-3-5-10-7(9)6(8)4-2/h3-6,8H,1-2H2. The molecule has 0 aromatic carbocycles. The van der Waals surface area contributed by atoms with Crippen LogP contribution in [0, 0.1) is 5.75 Å². The highest BCUT2D eigenvalue weighted by Gasteiger charge is 2.09. The third-order valence-corrected chi connectivity index (χ3v) is 1.55. The first-order chi connectivity index (χ1) is 4.72. The summed E-state index contributed by atoms with van der Waals surface area (Å²) in [6, 6.07) is 0. The zero-order chi connectivity index (χ0) is 7.98. The zero-order valence-electron chi connectivity index (χ0n) is 5.49. The van der Waals surface area contributed by atoms with Crippen molar-refractivity contribution in [1.29, 1.82) is 0 Å². The van der Waals surface area contributed by atoms with Crippen molar-refractivity contribution in [2.24, 2.45) is 0 Å². The van der Waals surface area contributed by atoms with E-state index in [1.165, 1.54) is 17.9 Å². The molecule has 0 spiro atoms. The molecule has 1 N–H and O–H groups in total. The number of hydrogen-bond donors (Lipinski definition) is 1. The molecule has 3 heteroatoms. The molecule has 0 aliphatic heterocycles. The molecular weight excluding hydrogens is 148 g/mol. The molecule has 0 rings (SSSR count). The number of carbonyl (C=O) groups excluding carboxylic acids is 1. The van der Waals surface area contributed by atoms with E-state index in [0.29, 0.717) is 0 Å². The minimum Gasteiger partial charge on any atom is -0.380 e. The van der Waals surface area contributed by atoms with Crippen molar-refractivity contribution in [2.45, 2.75) is 6.10 Å². The average Bonchev–Trinajstić information content (AvgIpc) is 1.98. The summed E-state index contributed by atoms with van der Waals surface area (Å²) in [5.41, 5.74) is 0. The monoisotopic (exact) mass is 157 g/mol. The molecule has 0 heterocycles. The Morgan fingerprint density at radius 3 is 2.60 bits per heavy atom. The molecule has 1 unspecified atom stereocenters. The molecule has 0 amide bonds. The maximum atomic E-state index is 10.7. The van der Waals surface area contributed by atoms with Crippen molar-refractivity contribution in [3.63, 3.8) is 0 Å². The first-order valence-corrected chi connectivity index (χ1v) is 3.55. The third-order valence-electron chi connectivity index (χ3n) is 0.745. The van der Waals surface area contributed by atoms with Crippen LogP contribution in [0.4, 0.5) is 0 Å². The molecule has 0 saturated heterocycles. The lowest BCUT2D eigenvalue weighted by Gasteiger charge is -1.99. The quantitative estimate of drug-likeness (QED) is 0.622. The number of aliphatic hydroxyl groups is 1. The minimum atomic E-state index is -1.07. The van der Waals surface area contributed by atoms with E-state index in [-0.39, 0.29) is 5.12 Å². The van der Waals surface area contributed by atoms with Crippen LogP contribution in [-0.4, -0.2) is 16.3 Å². The maximum absolute atomic E-state index is 10.7. The van der Waals surface area contributed by atoms with Gasteiger partial charge >= 0.3 is 0 Å². The van der Waals surface area contributed by atoms with Crippen LogP contribution in [0.5, 0.6) is 0 Å². The van der Waals surface area contributed by atoms with Crippen LogP contribution in [0.25, 0.3) is 0 Å². The number of rotatable bonds is 4. The van der Waals surface area contributed by atoms with Crippen LogP contribution in [-0.2, 0) is 4.79 Å². The Balaban J connectivity index is 3.61. The molecule has 0 bridgehead atoms. The Morgan fingerprint density at radius 2 is 2.20 bits per heavy atom. The van der Waals surface area contributed by atoms with Gasteiger partial charge in [0.1, 0.15) is 6.10 Å². The summed E-state index contributed by atoms with van der Waals surface area (Å²) in [7, 11) is 0. The molecule has 0 saturated carbocycles. The average molecular weight is 157 g/mol. The third kappa shape index (κ3) is 3.48. The van der Waals surface area contributed by atoms with Gasteiger partial charge in [-0.05, 0) is 0 Å². The Morgan fingerprint density at radius 1 is 1.60 bits per heavy atom. The summed E-state index contributed by atoms with van der Waals surface area (Å²) in [6.45, 7) is 6.65. The number of carbonyl (C=O) groups is 1. The van der Waals surface area contributed by atoms with E-state index in [1.807, 2.05) is 0 Å². The normalized spacial score (nSPS) is 12.1. The lowest BCUT2D eigenvalue weighted by Crippen LogP contribution is -2.12. The van der Waals surface area contributed by atoms with E-state index >= 15 is 0 Å². The summed E-state index contributed by atoms with van der Waals surface area (Å²) in [5.74, 6) is 1.51. The molecule has 0 fully saturated rings. The van der Waals surface area contributed by atoms with Crippen molar-refractivity contribution in [1.82, 2.24) is 0 Å². The van der Waals surface area contributed by atoms with E-state index < -0.39 is 6.10 Å². The highest BCUT2D eigenvalue weighted by molar-refractivity contribution is 8.15. The van der Waals surface area contributed by atoms with Gasteiger partial charge in [0, 0.05) is 5.75 Å². The number of aliphatic hydroxyl groups excluding tert-OH is 1. The lowest BCUT2D eigenvalue weighted by molar-refractivity contribution is -0.116. The molecule has 0 aromatic rings. The van der Waals surface area contributed by atoms with Crippen LogP contribution in [0.1, 0.15) is 0 Å². The summed E-state index contributed by atoms with van der Waals surface area (Å²) in [6.07, 6.45) is 1.60. The van der Waals surface area contributed by atoms with Gasteiger partial charge in [-0.1, -0.05) is 23.9 Å². The fourth-order valence-corrected chi connectivity index (χ4v) is 0.747. The summed E-state index contributed by atoms with van der Waals surface area (Å²) >= 11 is 0.906. The van der Waals surface area contributed by atoms with E-state index in [0.717, 1.165) is 11.8 Å². The van der Waals surface area contributed by atoms with Crippen molar-refractivity contribution in [3.05, 3.63) is 31.1 Å². The topological polar surface area (TPSA) is 37.3 Å². The Kier molecular flexibility index (Phi) is 4.98. The zero-order valence-corrected chi connectivity index (χ0v) is 6.30. The van der Waals surface area contributed by atoms with Gasteiger partial charge in [0.05, 0.1) is 0 Å². The second kappa shape index (κ2) is 5.26. The van der Waals surface area contributed by atoms with Gasteiger partial charge in [-0.25, -0.2) is 0 Å². The van der Waals surface area contributed by atoms with Gasteiger partial charge in [0.2, 0.25) is 5.12 Å². The second-order valence-electron chi connectivity index (χ2n) is 1.49. The van der Waals surface area contributed by atoms with Gasteiger partial charge in [-0.2, -0.15) is 0 Å². The van der Waals surface area contributed by atoms with E-state index in [9.17, 15) is 4.79 Å². The fraction of sp³-hybridized carbons (Fsp3) is 0.143. The smallest absolute Gasteiger partial charge is 0.221 e. The van der Waals surface area contributed by atoms with Crippen LogP contribution in [0.15, 0.2) is 25.3 Å². The van der Waals surface area contributed by atoms with Gasteiger partial charge in [0.25, 0.3) is 0 Å². The van der Waals surface area contributed by atoms with Crippen molar-refractivity contribution < 1.29 is 9.90 Å². The SMILES string of the molecule is C=C[CH]SC(=O)C(O)C=C. The van der Waals surface area contributed by atoms with Crippen LogP contribution < -0.4 is 0 Å². The summed E-state index contributed by atoms with van der Waals surface area (Å²) < 4.78 is 0. The predicted molar refractivity (Wildman–Crippen MR) is 43.3 cm³/mol. The van der Waals surface area contributed by atoms with Crippen LogP contribution in [0.3, 0.4) is 0 Å². The predicted octanol–water partition coefficient (Wildman–Crippen LogP) is 1.14. The number of thioether (sulfide) groups is 1. The Bertz CT molecular complexity index is 143. The van der Waals surface area contributed by atoms with E-state index in [2.05, 4.69) is 13.2 Å². The number of hydrogen-bond acceptors (Lipinski definition) is 3. The Hall–Kier alpha value is -0.540. The minimum absolute atomic E-state index is 0.338. The van der Waals surface area contributed by atoms with Crippen LogP contribution in [0.2, 0.25) is 0 Å². The summed E-state index contributed by atoms with van der Waals surface area (Å²) in [4.78, 5) is 10.7. The molecule has 10 heavy (non-hydrogen) atoms. The molecule has 0 aromatic heterocycles. The van der Waals surface area contributed by atoms with Gasteiger partial charge in [0.15, 0.2) is 0 Å². The Labute approximate surface area is 64.6 Å². The highest BCUT2D eigenvalue weighted by Crippen LogP contribution is 2.09. The van der Waals surface area contributed by atoms with Gasteiger partial charge in [-0.15, -0.1) is 13.2 Å². The molecular formula is C7H9O2S. The van der Waals surface area contributed by atoms with Gasteiger partial charge in [-0.3, -0.25) is 4.79 Å². The lowest BCUT2D eigenvalue weighted by atomic mass is 10.4. The molecule has 2 nitrogen and oxygen atoms in total. The van der Waals surface area contributed by atoms with E-state index in [4.69, 9.17) is 5.11 Å². The highest BCUT2D eigenvalue weighted by atomic mass is 32.2. The second-order valence-corrected chi connectivity index (χ2v) is 2.40. The molecule has 1 radical (unpaired) electrons. The van der Waals surface area contributed by atoms with E-state index in [1.54, 1.807) is 0 Å². The summed E-state index contributed by atoms with van der Waals surface area (Å²) in [5, 5.41) is 8.47. The first kappa shape index (κ1) is 9.46. The molecule has 0 aliphatic carbocycles.